The number of ketones is 1. The summed E-state index contributed by atoms with van der Waals surface area (Å²) in [7, 11) is 3.68. The van der Waals surface area contributed by atoms with E-state index in [-0.39, 0.29) is 5.78 Å². The van der Waals surface area contributed by atoms with Crippen LogP contribution >= 0.6 is 0 Å². The zero-order valence-corrected chi connectivity index (χ0v) is 8.75. The predicted molar refractivity (Wildman–Crippen MR) is 53.8 cm³/mol. The molecule has 3 heteroatoms. The Bertz CT molecular complexity index is 166. The molecule has 76 valence electrons. The van der Waals surface area contributed by atoms with Gasteiger partial charge < -0.3 is 9.64 Å². The molecule has 0 N–H and O–H groups in total. The van der Waals surface area contributed by atoms with E-state index in [1.54, 1.807) is 13.2 Å². The summed E-state index contributed by atoms with van der Waals surface area (Å²) in [4.78, 5) is 13.0. The van der Waals surface area contributed by atoms with Gasteiger partial charge >= 0.3 is 0 Å². The molecule has 0 fully saturated rings. The van der Waals surface area contributed by atoms with Crippen molar-refractivity contribution in [3.63, 3.8) is 0 Å². The van der Waals surface area contributed by atoms with Crippen LogP contribution in [0.4, 0.5) is 0 Å². The standard InChI is InChI=1S/C10H19NO2/c1-4-10(12)6-5-7-11(2)8-9-13-3/h5-6H,4,7-9H2,1-3H3/b6-5+. The molecule has 0 atom stereocenters. The third-order valence-electron chi connectivity index (χ3n) is 1.75. The van der Waals surface area contributed by atoms with Gasteiger partial charge in [0.25, 0.3) is 0 Å². The molecule has 0 aliphatic carbocycles. The van der Waals surface area contributed by atoms with Crippen LogP contribution in [-0.4, -0.2) is 44.5 Å². The molecule has 0 bridgehead atoms. The molecule has 0 saturated carbocycles. The van der Waals surface area contributed by atoms with Gasteiger partial charge in [0.05, 0.1) is 6.61 Å². The Balaban J connectivity index is 3.50. The lowest BCUT2D eigenvalue weighted by Gasteiger charge is -2.12. The number of methoxy groups -OCH3 is 1. The van der Waals surface area contributed by atoms with E-state index in [4.69, 9.17) is 4.74 Å². The van der Waals surface area contributed by atoms with Crippen LogP contribution in [0.5, 0.6) is 0 Å². The van der Waals surface area contributed by atoms with Gasteiger partial charge in [-0.1, -0.05) is 13.0 Å². The molecular weight excluding hydrogens is 166 g/mol. The van der Waals surface area contributed by atoms with Gasteiger partial charge in [-0.05, 0) is 13.1 Å². The van der Waals surface area contributed by atoms with Crippen molar-refractivity contribution in [2.75, 3.05) is 33.9 Å². The number of ether oxygens (including phenoxy) is 1. The Kier molecular flexibility index (Phi) is 7.54. The Morgan fingerprint density at radius 3 is 2.77 bits per heavy atom. The minimum atomic E-state index is 0.181. The zero-order chi connectivity index (χ0) is 10.1. The van der Waals surface area contributed by atoms with Gasteiger partial charge in [-0.25, -0.2) is 0 Å². The van der Waals surface area contributed by atoms with Crippen molar-refractivity contribution in [2.45, 2.75) is 13.3 Å². The Labute approximate surface area is 80.4 Å². The second-order valence-electron chi connectivity index (χ2n) is 2.98. The molecule has 0 aliphatic rings. The van der Waals surface area contributed by atoms with Crippen LogP contribution in [0.25, 0.3) is 0 Å². The lowest BCUT2D eigenvalue weighted by molar-refractivity contribution is -0.114. The molecule has 3 nitrogen and oxygen atoms in total. The summed E-state index contributed by atoms with van der Waals surface area (Å²) in [6, 6.07) is 0. The average molecular weight is 185 g/mol. The van der Waals surface area contributed by atoms with E-state index in [1.165, 1.54) is 0 Å². The van der Waals surface area contributed by atoms with Crippen LogP contribution in [-0.2, 0) is 9.53 Å². The van der Waals surface area contributed by atoms with Crippen LogP contribution < -0.4 is 0 Å². The molecule has 0 spiro atoms. The number of likely N-dealkylation sites (N-methyl/N-ethyl adjacent to an activating group) is 1. The largest absolute Gasteiger partial charge is 0.383 e. The highest BCUT2D eigenvalue weighted by atomic mass is 16.5. The highest BCUT2D eigenvalue weighted by Gasteiger charge is 1.94. The molecule has 0 radical (unpaired) electrons. The minimum Gasteiger partial charge on any atom is -0.383 e. The first kappa shape index (κ1) is 12.3. The Morgan fingerprint density at radius 2 is 2.23 bits per heavy atom. The van der Waals surface area contributed by atoms with Crippen molar-refractivity contribution in [3.8, 4) is 0 Å². The van der Waals surface area contributed by atoms with Crippen molar-refractivity contribution in [1.82, 2.24) is 4.90 Å². The molecule has 0 heterocycles. The molecular formula is C10H19NO2. The third kappa shape index (κ3) is 7.68. The molecule has 0 aliphatic heterocycles. The maximum Gasteiger partial charge on any atom is 0.155 e. The SMILES string of the molecule is CCC(=O)/C=C/CN(C)CCOC. The van der Waals surface area contributed by atoms with Crippen LogP contribution in [0.2, 0.25) is 0 Å². The molecule has 0 unspecified atom stereocenters. The normalized spacial score (nSPS) is 11.4. The van der Waals surface area contributed by atoms with E-state index in [9.17, 15) is 4.79 Å². The quantitative estimate of drug-likeness (QED) is 0.556. The van der Waals surface area contributed by atoms with Gasteiger partial charge in [0.1, 0.15) is 0 Å². The lowest BCUT2D eigenvalue weighted by atomic mass is 10.3. The first-order valence-electron chi connectivity index (χ1n) is 4.57. The van der Waals surface area contributed by atoms with Crippen LogP contribution in [0, 0.1) is 0 Å². The van der Waals surface area contributed by atoms with E-state index in [0.29, 0.717) is 6.42 Å². The highest BCUT2D eigenvalue weighted by Crippen LogP contribution is 1.87. The fraction of sp³-hybridized carbons (Fsp3) is 0.700. The Hall–Kier alpha value is -0.670. The lowest BCUT2D eigenvalue weighted by Crippen LogP contribution is -2.22. The minimum absolute atomic E-state index is 0.181. The second kappa shape index (κ2) is 7.95. The number of allylic oxidation sites excluding steroid dienone is 1. The highest BCUT2D eigenvalue weighted by molar-refractivity contribution is 5.89. The van der Waals surface area contributed by atoms with Gasteiger partial charge in [0.2, 0.25) is 0 Å². The summed E-state index contributed by atoms with van der Waals surface area (Å²) >= 11 is 0. The van der Waals surface area contributed by atoms with E-state index in [0.717, 1.165) is 19.7 Å². The molecule has 0 aromatic heterocycles. The second-order valence-corrected chi connectivity index (χ2v) is 2.98. The van der Waals surface area contributed by atoms with E-state index >= 15 is 0 Å². The summed E-state index contributed by atoms with van der Waals surface area (Å²) in [5.74, 6) is 0.181. The molecule has 0 amide bonds. The third-order valence-corrected chi connectivity index (χ3v) is 1.75. The monoisotopic (exact) mass is 185 g/mol. The topological polar surface area (TPSA) is 29.5 Å². The summed E-state index contributed by atoms with van der Waals surface area (Å²) < 4.78 is 4.93. The number of hydrogen-bond acceptors (Lipinski definition) is 3. The molecule has 0 aromatic carbocycles. The summed E-state index contributed by atoms with van der Waals surface area (Å²) in [5, 5.41) is 0. The van der Waals surface area contributed by atoms with Crippen LogP contribution in [0.3, 0.4) is 0 Å². The van der Waals surface area contributed by atoms with Gasteiger partial charge in [-0.15, -0.1) is 0 Å². The van der Waals surface area contributed by atoms with Crippen molar-refractivity contribution in [2.24, 2.45) is 0 Å². The van der Waals surface area contributed by atoms with Gasteiger partial charge in [-0.2, -0.15) is 0 Å². The van der Waals surface area contributed by atoms with Crippen molar-refractivity contribution >= 4 is 5.78 Å². The number of nitrogens with zero attached hydrogens (tertiary/aromatic N) is 1. The molecule has 0 rings (SSSR count). The summed E-state index contributed by atoms with van der Waals surface area (Å²) in [6.45, 7) is 4.28. The number of carbonyl (C=O) groups excluding carboxylic acids is 1. The maximum absolute atomic E-state index is 10.9. The van der Waals surface area contributed by atoms with Crippen molar-refractivity contribution < 1.29 is 9.53 Å². The van der Waals surface area contributed by atoms with Gasteiger partial charge in [-0.3, -0.25) is 4.79 Å². The number of carbonyl (C=O) groups is 1. The zero-order valence-electron chi connectivity index (χ0n) is 8.75. The summed E-state index contributed by atoms with van der Waals surface area (Å²) in [6.07, 6.45) is 4.11. The predicted octanol–water partition coefficient (Wildman–Crippen LogP) is 1.10. The average Bonchev–Trinajstić information content (AvgIpc) is 2.14. The fourth-order valence-electron chi connectivity index (χ4n) is 0.820. The smallest absolute Gasteiger partial charge is 0.155 e. The molecule has 0 saturated heterocycles. The fourth-order valence-corrected chi connectivity index (χ4v) is 0.820. The maximum atomic E-state index is 10.9. The first-order valence-corrected chi connectivity index (χ1v) is 4.57. The number of hydrogen-bond donors (Lipinski definition) is 0. The molecule has 0 aromatic rings. The Morgan fingerprint density at radius 1 is 1.54 bits per heavy atom. The van der Waals surface area contributed by atoms with Crippen molar-refractivity contribution in [1.29, 1.82) is 0 Å². The van der Waals surface area contributed by atoms with Crippen LogP contribution in [0.15, 0.2) is 12.2 Å². The van der Waals surface area contributed by atoms with Gasteiger partial charge in [0, 0.05) is 26.6 Å². The molecule has 13 heavy (non-hydrogen) atoms. The van der Waals surface area contributed by atoms with Crippen molar-refractivity contribution in [3.05, 3.63) is 12.2 Å². The van der Waals surface area contributed by atoms with E-state index in [2.05, 4.69) is 4.90 Å². The van der Waals surface area contributed by atoms with Crippen LogP contribution in [0.1, 0.15) is 13.3 Å². The first-order chi connectivity index (χ1) is 6.20. The number of rotatable bonds is 7. The van der Waals surface area contributed by atoms with E-state index in [1.807, 2.05) is 20.0 Å². The summed E-state index contributed by atoms with van der Waals surface area (Å²) in [5.41, 5.74) is 0. The van der Waals surface area contributed by atoms with Gasteiger partial charge in [0.15, 0.2) is 5.78 Å². The van der Waals surface area contributed by atoms with E-state index < -0.39 is 0 Å².